The van der Waals surface area contributed by atoms with Crippen molar-refractivity contribution in [1.82, 2.24) is 10.6 Å². The highest BCUT2D eigenvalue weighted by Crippen LogP contribution is 1.96. The van der Waals surface area contributed by atoms with Gasteiger partial charge < -0.3 is 20.8 Å². The molecule has 0 radical (unpaired) electrons. The van der Waals surface area contributed by atoms with Crippen molar-refractivity contribution in [3.05, 3.63) is 81.7 Å². The van der Waals surface area contributed by atoms with Crippen LogP contribution in [0.1, 0.15) is 13.8 Å². The van der Waals surface area contributed by atoms with Gasteiger partial charge in [0.15, 0.2) is 12.2 Å². The van der Waals surface area contributed by atoms with E-state index in [0.717, 1.165) is 0 Å². The SMILES string of the molecule is C=C=C=C=C=C=C=C=C=C=C=C(C)NC(=O)C(O)C(O)C(=O)NCC=CC. The number of aliphatic hydroxyl groups is 2. The number of rotatable bonds is 6. The summed E-state index contributed by atoms with van der Waals surface area (Å²) in [6, 6.07) is 0. The van der Waals surface area contributed by atoms with Crippen molar-refractivity contribution in [3.8, 4) is 0 Å². The molecule has 0 aliphatic rings. The van der Waals surface area contributed by atoms with Crippen molar-refractivity contribution in [2.45, 2.75) is 26.1 Å². The second-order valence-electron chi connectivity index (χ2n) is 4.62. The van der Waals surface area contributed by atoms with E-state index in [-0.39, 0.29) is 12.2 Å². The lowest BCUT2D eigenvalue weighted by atomic mass is 10.1. The fourth-order valence-corrected chi connectivity index (χ4v) is 1.32. The average Bonchev–Trinajstić information content (AvgIpc) is 2.65. The lowest BCUT2D eigenvalue weighted by molar-refractivity contribution is -0.145. The molecule has 0 aliphatic carbocycles. The number of aliphatic hydroxyl groups excluding tert-OH is 2. The van der Waals surface area contributed by atoms with Crippen molar-refractivity contribution in [3.63, 3.8) is 0 Å². The summed E-state index contributed by atoms with van der Waals surface area (Å²) in [6.07, 6.45) is -0.503. The maximum Gasteiger partial charge on any atom is 0.256 e. The molecule has 2 atom stereocenters. The van der Waals surface area contributed by atoms with E-state index in [0.29, 0.717) is 0 Å². The van der Waals surface area contributed by atoms with Crippen LogP contribution in [0.3, 0.4) is 0 Å². The van der Waals surface area contributed by atoms with Crippen molar-refractivity contribution in [1.29, 1.82) is 0 Å². The van der Waals surface area contributed by atoms with Gasteiger partial charge in [0.1, 0.15) is 0 Å². The Hall–Kier alpha value is -3.86. The van der Waals surface area contributed by atoms with Crippen LogP contribution in [-0.4, -0.2) is 40.8 Å². The molecule has 2 amide bonds. The van der Waals surface area contributed by atoms with Crippen molar-refractivity contribution in [2.24, 2.45) is 0 Å². The first kappa shape index (κ1) is 23.1. The van der Waals surface area contributed by atoms with E-state index in [4.69, 9.17) is 0 Å². The molecule has 0 aromatic rings. The molecule has 6 nitrogen and oxygen atoms in total. The van der Waals surface area contributed by atoms with Crippen LogP contribution < -0.4 is 10.6 Å². The molecule has 0 aromatic carbocycles. The number of carbonyl (C=O) groups excluding carboxylic acids is 2. The predicted molar refractivity (Wildman–Crippen MR) is 97.9 cm³/mol. The second kappa shape index (κ2) is 14.5. The summed E-state index contributed by atoms with van der Waals surface area (Å²) in [7, 11) is 0. The van der Waals surface area contributed by atoms with Crippen LogP contribution in [0.15, 0.2) is 81.7 Å². The molecule has 27 heavy (non-hydrogen) atoms. The Morgan fingerprint density at radius 2 is 1.48 bits per heavy atom. The summed E-state index contributed by atoms with van der Waals surface area (Å²) in [4.78, 5) is 23.4. The highest BCUT2D eigenvalue weighted by molar-refractivity contribution is 5.91. The molecular formula is C21H18N2O4. The Kier molecular flexibility index (Phi) is 12.4. The minimum Gasteiger partial charge on any atom is -0.380 e. The van der Waals surface area contributed by atoms with Gasteiger partial charge in [-0.05, 0) is 72.0 Å². The van der Waals surface area contributed by atoms with E-state index in [1.807, 2.05) is 0 Å². The third kappa shape index (κ3) is 11.3. The van der Waals surface area contributed by atoms with Gasteiger partial charge in [0.2, 0.25) is 0 Å². The first-order valence-electron chi connectivity index (χ1n) is 7.61. The van der Waals surface area contributed by atoms with Crippen LogP contribution in [0, 0.1) is 0 Å². The van der Waals surface area contributed by atoms with Crippen LogP contribution in [0.2, 0.25) is 0 Å². The molecule has 0 saturated carbocycles. The molecular weight excluding hydrogens is 344 g/mol. The number of nitrogens with one attached hydrogen (secondary N) is 2. The van der Waals surface area contributed by atoms with E-state index < -0.39 is 24.0 Å². The van der Waals surface area contributed by atoms with Crippen LogP contribution in [0.4, 0.5) is 0 Å². The van der Waals surface area contributed by atoms with Crippen molar-refractivity contribution >= 4 is 11.8 Å². The van der Waals surface area contributed by atoms with Crippen molar-refractivity contribution in [2.75, 3.05) is 6.54 Å². The highest BCUT2D eigenvalue weighted by Gasteiger charge is 2.29. The Bertz CT molecular complexity index is 973. The number of hydrogen-bond donors (Lipinski definition) is 4. The van der Waals surface area contributed by atoms with Gasteiger partial charge in [0.05, 0.1) is 5.70 Å². The van der Waals surface area contributed by atoms with Gasteiger partial charge in [-0.25, -0.2) is 0 Å². The fraction of sp³-hybridized carbons (Fsp3) is 0.238. The molecule has 0 saturated heterocycles. The van der Waals surface area contributed by atoms with Gasteiger partial charge in [-0.3, -0.25) is 9.59 Å². The van der Waals surface area contributed by atoms with Crippen LogP contribution in [0.5, 0.6) is 0 Å². The Morgan fingerprint density at radius 1 is 0.963 bits per heavy atom. The summed E-state index contributed by atoms with van der Waals surface area (Å²) in [5.74, 6) is -1.83. The molecule has 6 heteroatoms. The van der Waals surface area contributed by atoms with Gasteiger partial charge in [-0.15, -0.1) is 0 Å². The number of hydrogen-bond acceptors (Lipinski definition) is 4. The number of amides is 2. The summed E-state index contributed by atoms with van der Waals surface area (Å²) in [5, 5.41) is 24.0. The number of carbonyl (C=O) groups is 2. The summed E-state index contributed by atoms with van der Waals surface area (Å²) in [5.41, 5.74) is 24.5. The zero-order chi connectivity index (χ0) is 20.5. The molecule has 0 fully saturated rings. The van der Waals surface area contributed by atoms with Crippen LogP contribution in [0.25, 0.3) is 0 Å². The zero-order valence-corrected chi connectivity index (χ0v) is 14.9. The normalized spacial score (nSPS) is 10.4. The zero-order valence-electron chi connectivity index (χ0n) is 14.9. The topological polar surface area (TPSA) is 98.7 Å². The monoisotopic (exact) mass is 362 g/mol. The maximum absolute atomic E-state index is 11.8. The third-order valence-corrected chi connectivity index (χ3v) is 2.55. The van der Waals surface area contributed by atoms with Gasteiger partial charge in [0.25, 0.3) is 11.8 Å². The lowest BCUT2D eigenvalue weighted by Crippen LogP contribution is -2.49. The minimum atomic E-state index is -1.94. The molecule has 0 spiro atoms. The summed E-state index contributed by atoms with van der Waals surface area (Å²) in [6.45, 7) is 6.68. The number of allylic oxidation sites excluding steroid dienone is 2. The summed E-state index contributed by atoms with van der Waals surface area (Å²) < 4.78 is 0. The molecule has 4 N–H and O–H groups in total. The summed E-state index contributed by atoms with van der Waals surface area (Å²) >= 11 is 0. The average molecular weight is 362 g/mol. The van der Waals surface area contributed by atoms with Gasteiger partial charge in [-0.1, -0.05) is 17.9 Å². The molecule has 0 bridgehead atoms. The van der Waals surface area contributed by atoms with Gasteiger partial charge in [-0.2, -0.15) is 0 Å². The smallest absolute Gasteiger partial charge is 0.256 e. The van der Waals surface area contributed by atoms with Gasteiger partial charge in [0, 0.05) is 6.54 Å². The van der Waals surface area contributed by atoms with E-state index in [9.17, 15) is 19.8 Å². The molecule has 0 heterocycles. The molecule has 0 aliphatic heterocycles. The Labute approximate surface area is 157 Å². The molecule has 136 valence electrons. The second-order valence-corrected chi connectivity index (χ2v) is 4.62. The van der Waals surface area contributed by atoms with E-state index in [1.54, 1.807) is 19.1 Å². The van der Waals surface area contributed by atoms with E-state index in [2.05, 4.69) is 74.5 Å². The predicted octanol–water partition coefficient (Wildman–Crippen LogP) is 0.601. The Balaban J connectivity index is 5.15. The maximum atomic E-state index is 11.8. The molecule has 2 unspecified atom stereocenters. The third-order valence-electron chi connectivity index (χ3n) is 2.55. The van der Waals surface area contributed by atoms with Crippen LogP contribution in [-0.2, 0) is 9.59 Å². The van der Waals surface area contributed by atoms with E-state index >= 15 is 0 Å². The van der Waals surface area contributed by atoms with Gasteiger partial charge >= 0.3 is 0 Å². The fourth-order valence-electron chi connectivity index (χ4n) is 1.32. The Morgan fingerprint density at radius 3 is 2.04 bits per heavy atom. The highest BCUT2D eigenvalue weighted by atomic mass is 16.3. The first-order chi connectivity index (χ1) is 12.9. The first-order valence-corrected chi connectivity index (χ1v) is 7.61. The molecule has 0 rings (SSSR count). The largest absolute Gasteiger partial charge is 0.380 e. The van der Waals surface area contributed by atoms with Crippen LogP contribution >= 0.6 is 0 Å². The standard InChI is InChI=1S/C21H18N2O4/c1-4-6-8-9-10-11-12-13-14-15-17(3)23-21(27)19(25)18(24)20(26)22-16-7-5-2/h5,7,18-19,24-25H,1,16H2,2-3H3,(H,22,26)(H,23,27). The quantitative estimate of drug-likeness (QED) is 0.411. The molecule has 0 aromatic heterocycles. The van der Waals surface area contributed by atoms with Crippen molar-refractivity contribution < 1.29 is 19.8 Å². The van der Waals surface area contributed by atoms with E-state index in [1.165, 1.54) is 6.92 Å². The lowest BCUT2D eigenvalue weighted by Gasteiger charge is -2.16. The minimum absolute atomic E-state index is 0.174.